The molecule has 1 spiro atoms. The number of carbonyl (C=O) groups is 1. The van der Waals surface area contributed by atoms with Crippen molar-refractivity contribution in [3.8, 4) is 0 Å². The summed E-state index contributed by atoms with van der Waals surface area (Å²) in [5.41, 5.74) is 2.00. The van der Waals surface area contributed by atoms with Gasteiger partial charge in [0.1, 0.15) is 11.7 Å². The van der Waals surface area contributed by atoms with Gasteiger partial charge in [0.15, 0.2) is 0 Å². The van der Waals surface area contributed by atoms with Gasteiger partial charge in [-0.3, -0.25) is 14.8 Å². The lowest BCUT2D eigenvalue weighted by Crippen LogP contribution is -2.52. The maximum absolute atomic E-state index is 13.8. The third-order valence-corrected chi connectivity index (χ3v) is 6.45. The Morgan fingerprint density at radius 1 is 1.42 bits per heavy atom. The molecule has 1 aliphatic carbocycles. The lowest BCUT2D eigenvalue weighted by molar-refractivity contribution is -0.136. The number of aromatic amines is 1. The highest BCUT2D eigenvalue weighted by Crippen LogP contribution is 2.42. The lowest BCUT2D eigenvalue weighted by Gasteiger charge is -2.40. The average molecular weight is 422 g/mol. The van der Waals surface area contributed by atoms with E-state index in [-0.39, 0.29) is 18.1 Å². The summed E-state index contributed by atoms with van der Waals surface area (Å²) in [5.74, 6) is 1.11. The molecule has 1 saturated carbocycles. The van der Waals surface area contributed by atoms with E-state index in [0.717, 1.165) is 42.4 Å². The predicted octanol–water partition coefficient (Wildman–Crippen LogP) is 1.56. The van der Waals surface area contributed by atoms with Gasteiger partial charge in [0.05, 0.1) is 24.1 Å². The highest BCUT2D eigenvalue weighted by molar-refractivity contribution is 5.95. The number of nitrogens with zero attached hydrogens (tertiary/aromatic N) is 5. The Hall–Kier alpha value is -3.27. The van der Waals surface area contributed by atoms with Crippen molar-refractivity contribution in [2.24, 2.45) is 5.92 Å². The van der Waals surface area contributed by atoms with Crippen LogP contribution in [0, 0.1) is 11.3 Å². The molecule has 162 valence electrons. The molecule has 1 amide bonds. The molecule has 31 heavy (non-hydrogen) atoms. The molecule has 4 N–H and O–H groups in total. The third-order valence-electron chi connectivity index (χ3n) is 6.45. The largest absolute Gasteiger partial charge is 0.513 e. The third kappa shape index (κ3) is 3.56. The fraction of sp³-hybridized carbons (Fsp3) is 0.476. The molecule has 0 radical (unpaired) electrons. The van der Waals surface area contributed by atoms with E-state index in [0.29, 0.717) is 31.4 Å². The number of fused-ring (bicyclic) bond motifs is 2. The Kier molecular flexibility index (Phi) is 4.93. The van der Waals surface area contributed by atoms with Gasteiger partial charge >= 0.3 is 0 Å². The lowest BCUT2D eigenvalue weighted by atomic mass is 9.77. The number of likely N-dealkylation sites (tertiary alicyclic amines) is 1. The van der Waals surface area contributed by atoms with Crippen LogP contribution in [0.25, 0.3) is 0 Å². The summed E-state index contributed by atoms with van der Waals surface area (Å²) < 4.78 is 0. The number of allylic oxidation sites excluding steroid dienone is 1. The molecule has 5 rings (SSSR count). The van der Waals surface area contributed by atoms with Crippen LogP contribution in [0.3, 0.4) is 0 Å². The number of H-pyrrole nitrogens is 1. The normalized spacial score (nSPS) is 23.9. The summed E-state index contributed by atoms with van der Waals surface area (Å²) in [6.07, 6.45) is 10.3. The maximum Gasteiger partial charge on any atom is 0.241 e. The van der Waals surface area contributed by atoms with Crippen LogP contribution in [0.4, 0.5) is 5.95 Å². The van der Waals surface area contributed by atoms with Gasteiger partial charge in [-0.25, -0.2) is 9.97 Å². The number of carbonyl (C=O) groups excluding carboxylic acids is 1. The number of hydrogen-bond acceptors (Lipinski definition) is 8. The number of aliphatic hydroxyl groups excluding tert-OH is 1. The second kappa shape index (κ2) is 7.77. The summed E-state index contributed by atoms with van der Waals surface area (Å²) in [5, 5.41) is 27.4. The molecule has 1 unspecified atom stereocenters. The molecule has 1 saturated heterocycles. The van der Waals surface area contributed by atoms with Crippen molar-refractivity contribution in [1.82, 2.24) is 30.0 Å². The standard InChI is InChI=1S/C21H26N8O2/c22-5-17(12-30)29-11-16-9-24-20(23-6-14-1-2-14)27-18(16)21(19(29)31)3-4-28(13-21)10-15-7-25-26-8-15/h5,7-9,12,14,22,30H,1-4,6,10-11,13H2,(H,25,26)(H,23,24,27)/b17-12+,22-5?. The molecular formula is C21H26N8O2. The smallest absolute Gasteiger partial charge is 0.241 e. The fourth-order valence-corrected chi connectivity index (χ4v) is 4.59. The van der Waals surface area contributed by atoms with E-state index in [4.69, 9.17) is 10.4 Å². The molecule has 4 heterocycles. The zero-order valence-electron chi connectivity index (χ0n) is 17.2. The maximum atomic E-state index is 13.8. The number of nitrogens with one attached hydrogen (secondary N) is 3. The molecule has 0 aromatic carbocycles. The Labute approximate surface area is 179 Å². The van der Waals surface area contributed by atoms with Gasteiger partial charge in [-0.15, -0.1) is 0 Å². The van der Waals surface area contributed by atoms with Gasteiger partial charge in [-0.2, -0.15) is 5.10 Å². The average Bonchev–Trinajstić information content (AvgIpc) is 3.30. The minimum Gasteiger partial charge on any atom is -0.513 e. The number of amides is 1. The second-order valence-electron chi connectivity index (χ2n) is 8.63. The summed E-state index contributed by atoms with van der Waals surface area (Å²) in [6.45, 7) is 3.02. The van der Waals surface area contributed by atoms with Gasteiger partial charge in [-0.1, -0.05) is 0 Å². The molecule has 2 aliphatic heterocycles. The first-order valence-corrected chi connectivity index (χ1v) is 10.6. The summed E-state index contributed by atoms with van der Waals surface area (Å²) in [4.78, 5) is 26.7. The minimum absolute atomic E-state index is 0.134. The predicted molar refractivity (Wildman–Crippen MR) is 113 cm³/mol. The molecule has 10 nitrogen and oxygen atoms in total. The van der Waals surface area contributed by atoms with Crippen LogP contribution < -0.4 is 5.32 Å². The van der Waals surface area contributed by atoms with Crippen molar-refractivity contribution in [2.75, 3.05) is 25.0 Å². The van der Waals surface area contributed by atoms with Crippen LogP contribution in [0.5, 0.6) is 0 Å². The van der Waals surface area contributed by atoms with E-state index in [9.17, 15) is 9.90 Å². The highest BCUT2D eigenvalue weighted by atomic mass is 16.2. The van der Waals surface area contributed by atoms with Crippen molar-refractivity contribution in [3.05, 3.63) is 47.4 Å². The first-order chi connectivity index (χ1) is 15.1. The molecule has 1 atom stereocenters. The van der Waals surface area contributed by atoms with Crippen LogP contribution in [0.1, 0.15) is 36.1 Å². The van der Waals surface area contributed by atoms with Gasteiger partial charge in [0.25, 0.3) is 0 Å². The first kappa shape index (κ1) is 19.7. The van der Waals surface area contributed by atoms with Crippen LogP contribution in [-0.2, 0) is 23.3 Å². The molecule has 2 aromatic heterocycles. The van der Waals surface area contributed by atoms with E-state index in [1.165, 1.54) is 17.7 Å². The van der Waals surface area contributed by atoms with Crippen LogP contribution in [-0.4, -0.2) is 66.8 Å². The highest BCUT2D eigenvalue weighted by Gasteiger charge is 2.53. The number of aromatic nitrogens is 4. The number of rotatable bonds is 7. The van der Waals surface area contributed by atoms with Crippen LogP contribution in [0.2, 0.25) is 0 Å². The number of anilines is 1. The first-order valence-electron chi connectivity index (χ1n) is 10.6. The Bertz CT molecular complexity index is 1020. The number of hydrogen-bond donors (Lipinski definition) is 4. The zero-order chi connectivity index (χ0) is 21.4. The number of aliphatic hydroxyl groups is 1. The fourth-order valence-electron chi connectivity index (χ4n) is 4.59. The molecule has 2 fully saturated rings. The summed E-state index contributed by atoms with van der Waals surface area (Å²) in [7, 11) is 0. The Morgan fingerprint density at radius 3 is 3.00 bits per heavy atom. The van der Waals surface area contributed by atoms with Crippen LogP contribution >= 0.6 is 0 Å². The minimum atomic E-state index is -0.840. The van der Waals surface area contributed by atoms with E-state index >= 15 is 0 Å². The Balaban J connectivity index is 1.50. The second-order valence-corrected chi connectivity index (χ2v) is 8.63. The monoisotopic (exact) mass is 422 g/mol. The molecule has 2 aromatic rings. The molecule has 3 aliphatic rings. The molecule has 10 heteroatoms. The van der Waals surface area contributed by atoms with E-state index in [1.54, 1.807) is 12.4 Å². The summed E-state index contributed by atoms with van der Waals surface area (Å²) in [6, 6.07) is 0. The van der Waals surface area contributed by atoms with Crippen LogP contribution in [0.15, 0.2) is 30.5 Å². The Morgan fingerprint density at radius 2 is 2.29 bits per heavy atom. The van der Waals surface area contributed by atoms with E-state index < -0.39 is 5.41 Å². The SMILES string of the molecule is N=C/C(=C\O)N1Cc2cnc(NCC3CC3)nc2C2(CCN(Cc3cn[nH]c3)C2)C1=O. The van der Waals surface area contributed by atoms with E-state index in [1.807, 2.05) is 6.20 Å². The van der Waals surface area contributed by atoms with E-state index in [2.05, 4.69) is 25.4 Å². The van der Waals surface area contributed by atoms with Gasteiger partial charge in [-0.05, 0) is 25.2 Å². The van der Waals surface area contributed by atoms with Gasteiger partial charge in [0.2, 0.25) is 11.9 Å². The van der Waals surface area contributed by atoms with Crippen molar-refractivity contribution in [3.63, 3.8) is 0 Å². The van der Waals surface area contributed by atoms with Crippen molar-refractivity contribution < 1.29 is 9.90 Å². The van der Waals surface area contributed by atoms with Crippen molar-refractivity contribution in [2.45, 2.75) is 37.8 Å². The summed E-state index contributed by atoms with van der Waals surface area (Å²) >= 11 is 0. The zero-order valence-corrected chi connectivity index (χ0v) is 17.2. The van der Waals surface area contributed by atoms with Gasteiger partial charge in [0, 0.05) is 55.9 Å². The van der Waals surface area contributed by atoms with Gasteiger partial charge < -0.3 is 20.7 Å². The molecular weight excluding hydrogens is 396 g/mol. The molecule has 0 bridgehead atoms. The quantitative estimate of drug-likeness (QED) is 0.393. The topological polar surface area (TPSA) is 134 Å². The van der Waals surface area contributed by atoms with Crippen molar-refractivity contribution >= 4 is 18.1 Å². The van der Waals surface area contributed by atoms with Crippen molar-refractivity contribution in [1.29, 1.82) is 5.41 Å².